The zero-order chi connectivity index (χ0) is 30.5. The van der Waals surface area contributed by atoms with Gasteiger partial charge in [-0.05, 0) is 67.8 Å². The van der Waals surface area contributed by atoms with Crippen LogP contribution in [0.2, 0.25) is 0 Å². The van der Waals surface area contributed by atoms with Crippen LogP contribution in [0.25, 0.3) is 0 Å². The molecule has 0 saturated heterocycles. The minimum Gasteiger partial charge on any atom is -0.493 e. The number of carbonyl (C=O) groups excluding carboxylic acids is 2. The van der Waals surface area contributed by atoms with E-state index in [-0.39, 0.29) is 25.5 Å². The highest BCUT2D eigenvalue weighted by Gasteiger charge is 2.24. The Morgan fingerprint density at radius 1 is 0.976 bits per heavy atom. The number of nitro benzene ring substituents is 1. The Bertz CT molecular complexity index is 1370. The predicted molar refractivity (Wildman–Crippen MR) is 155 cm³/mol. The van der Waals surface area contributed by atoms with Gasteiger partial charge in [-0.25, -0.2) is 10.2 Å². The fraction of sp³-hybridized carbons (Fsp3) is 0.300. The van der Waals surface area contributed by atoms with E-state index in [2.05, 4.69) is 15.8 Å². The first kappa shape index (κ1) is 31.6. The summed E-state index contributed by atoms with van der Waals surface area (Å²) in [6, 6.07) is 19.5. The van der Waals surface area contributed by atoms with Crippen LogP contribution in [0.15, 0.2) is 77.9 Å². The van der Waals surface area contributed by atoms with Crippen LogP contribution in [0, 0.1) is 10.1 Å². The van der Waals surface area contributed by atoms with E-state index in [0.29, 0.717) is 17.1 Å². The fourth-order valence-corrected chi connectivity index (χ4v) is 3.51. The SMILES string of the molecule is COc1cc(/C=N\NC(=O)[C@H](COCc2ccccc2)NC(=O)OC(C)(C)C)ccc1OCc1ccc([N+](=O)[O-])cc1. The lowest BCUT2D eigenvalue weighted by atomic mass is 10.2. The number of hydrazone groups is 1. The molecular formula is C30H34N4O8. The van der Waals surface area contributed by atoms with Crippen LogP contribution in [0.1, 0.15) is 37.5 Å². The van der Waals surface area contributed by atoms with Gasteiger partial charge in [0.2, 0.25) is 0 Å². The van der Waals surface area contributed by atoms with E-state index in [4.69, 9.17) is 18.9 Å². The zero-order valence-corrected chi connectivity index (χ0v) is 23.9. The van der Waals surface area contributed by atoms with E-state index >= 15 is 0 Å². The third kappa shape index (κ3) is 10.5. The molecule has 42 heavy (non-hydrogen) atoms. The average Bonchev–Trinajstić information content (AvgIpc) is 2.95. The van der Waals surface area contributed by atoms with Crippen LogP contribution < -0.4 is 20.2 Å². The van der Waals surface area contributed by atoms with E-state index in [1.165, 1.54) is 25.5 Å². The summed E-state index contributed by atoms with van der Waals surface area (Å²) in [6.45, 7) is 5.48. The zero-order valence-electron chi connectivity index (χ0n) is 23.9. The van der Waals surface area contributed by atoms with Gasteiger partial charge in [0.1, 0.15) is 18.2 Å². The van der Waals surface area contributed by atoms with Crippen LogP contribution in [0.5, 0.6) is 11.5 Å². The summed E-state index contributed by atoms with van der Waals surface area (Å²) >= 11 is 0. The number of rotatable bonds is 13. The molecule has 2 N–H and O–H groups in total. The summed E-state index contributed by atoms with van der Waals surface area (Å²) in [6.07, 6.45) is 0.652. The predicted octanol–water partition coefficient (Wildman–Crippen LogP) is 4.74. The maximum absolute atomic E-state index is 12.9. The first-order valence-electron chi connectivity index (χ1n) is 13.0. The number of nitro groups is 1. The minimum absolute atomic E-state index is 0.00119. The number of hydrogen-bond acceptors (Lipinski definition) is 9. The number of nitrogens with one attached hydrogen (secondary N) is 2. The van der Waals surface area contributed by atoms with Crippen molar-refractivity contribution in [2.75, 3.05) is 13.7 Å². The molecular weight excluding hydrogens is 544 g/mol. The molecule has 3 rings (SSSR count). The second-order valence-corrected chi connectivity index (χ2v) is 10.1. The molecule has 3 aromatic carbocycles. The van der Waals surface area contributed by atoms with Crippen molar-refractivity contribution in [3.8, 4) is 11.5 Å². The highest BCUT2D eigenvalue weighted by atomic mass is 16.6. The van der Waals surface area contributed by atoms with E-state index in [1.807, 2.05) is 30.3 Å². The van der Waals surface area contributed by atoms with Gasteiger partial charge in [0.25, 0.3) is 11.6 Å². The maximum Gasteiger partial charge on any atom is 0.408 e. The van der Waals surface area contributed by atoms with Crippen LogP contribution in [0.3, 0.4) is 0 Å². The summed E-state index contributed by atoms with van der Waals surface area (Å²) in [5.41, 5.74) is 3.94. The third-order valence-electron chi connectivity index (χ3n) is 5.52. The number of hydrogen-bond donors (Lipinski definition) is 2. The van der Waals surface area contributed by atoms with Gasteiger partial charge in [0.15, 0.2) is 11.5 Å². The number of nitrogens with zero attached hydrogens (tertiary/aromatic N) is 2. The lowest BCUT2D eigenvalue weighted by molar-refractivity contribution is -0.384. The molecule has 2 amide bonds. The van der Waals surface area contributed by atoms with Crippen molar-refractivity contribution in [1.29, 1.82) is 0 Å². The van der Waals surface area contributed by atoms with Gasteiger partial charge in [-0.15, -0.1) is 0 Å². The summed E-state index contributed by atoms with van der Waals surface area (Å²) < 4.78 is 22.2. The van der Waals surface area contributed by atoms with E-state index in [9.17, 15) is 19.7 Å². The molecule has 0 bridgehead atoms. The monoisotopic (exact) mass is 578 g/mol. The van der Waals surface area contributed by atoms with Crippen LogP contribution >= 0.6 is 0 Å². The highest BCUT2D eigenvalue weighted by molar-refractivity contribution is 5.87. The first-order valence-corrected chi connectivity index (χ1v) is 13.0. The fourth-order valence-electron chi connectivity index (χ4n) is 3.51. The summed E-state index contributed by atoms with van der Waals surface area (Å²) in [5, 5.41) is 17.4. The van der Waals surface area contributed by atoms with Crippen molar-refractivity contribution in [1.82, 2.24) is 10.7 Å². The normalized spacial score (nSPS) is 11.9. The van der Waals surface area contributed by atoms with Crippen molar-refractivity contribution < 1.29 is 33.5 Å². The molecule has 12 nitrogen and oxygen atoms in total. The van der Waals surface area contributed by atoms with Crippen LogP contribution in [0.4, 0.5) is 10.5 Å². The van der Waals surface area contributed by atoms with E-state index in [0.717, 1.165) is 11.1 Å². The molecule has 0 heterocycles. The van der Waals surface area contributed by atoms with Gasteiger partial charge in [0.05, 0.1) is 31.5 Å². The number of amides is 2. The molecule has 222 valence electrons. The van der Waals surface area contributed by atoms with Crippen molar-refractivity contribution in [3.63, 3.8) is 0 Å². The Kier molecular flexibility index (Phi) is 11.4. The van der Waals surface area contributed by atoms with Crippen molar-refractivity contribution in [2.45, 2.75) is 45.6 Å². The number of methoxy groups -OCH3 is 1. The van der Waals surface area contributed by atoms with Gasteiger partial charge in [-0.1, -0.05) is 30.3 Å². The molecule has 12 heteroatoms. The molecule has 0 saturated carbocycles. The molecule has 1 atom stereocenters. The lowest BCUT2D eigenvalue weighted by Crippen LogP contribution is -2.49. The lowest BCUT2D eigenvalue weighted by Gasteiger charge is -2.22. The van der Waals surface area contributed by atoms with Crippen molar-refractivity contribution in [2.24, 2.45) is 5.10 Å². The van der Waals surface area contributed by atoms with Gasteiger partial charge < -0.3 is 24.3 Å². The van der Waals surface area contributed by atoms with Gasteiger partial charge in [0, 0.05) is 12.1 Å². The Balaban J connectivity index is 1.60. The van der Waals surface area contributed by atoms with Crippen LogP contribution in [-0.2, 0) is 27.5 Å². The molecule has 0 fully saturated rings. The average molecular weight is 579 g/mol. The number of ether oxygens (including phenoxy) is 4. The minimum atomic E-state index is -1.06. The smallest absolute Gasteiger partial charge is 0.408 e. The Morgan fingerprint density at radius 2 is 1.67 bits per heavy atom. The largest absolute Gasteiger partial charge is 0.493 e. The molecule has 0 unspecified atom stereocenters. The first-order chi connectivity index (χ1) is 20.0. The molecule has 0 radical (unpaired) electrons. The molecule has 0 aliphatic rings. The van der Waals surface area contributed by atoms with Gasteiger partial charge >= 0.3 is 6.09 Å². The number of carbonyl (C=O) groups is 2. The number of alkyl carbamates (subject to hydrolysis) is 1. The molecule has 0 aromatic heterocycles. The molecule has 0 aliphatic carbocycles. The standard InChI is InChI=1S/C30H34N4O8/c1-30(2,3)42-29(36)32-25(20-40-18-21-8-6-5-7-9-21)28(35)33-31-17-23-12-15-26(27(16-23)39-4)41-19-22-10-13-24(14-11-22)34(37)38/h5-17,25H,18-20H2,1-4H3,(H,32,36)(H,33,35)/b31-17-/t25-/m0/s1. The quantitative estimate of drug-likeness (QED) is 0.168. The topological polar surface area (TPSA) is 151 Å². The highest BCUT2D eigenvalue weighted by Crippen LogP contribution is 2.28. The maximum atomic E-state index is 12.9. The molecule has 0 spiro atoms. The number of non-ortho nitro benzene ring substituents is 1. The van der Waals surface area contributed by atoms with Crippen molar-refractivity contribution >= 4 is 23.9 Å². The van der Waals surface area contributed by atoms with Crippen molar-refractivity contribution in [3.05, 3.63) is 99.6 Å². The Morgan fingerprint density at radius 3 is 2.31 bits per heavy atom. The molecule has 0 aliphatic heterocycles. The van der Waals surface area contributed by atoms with Gasteiger partial charge in [-0.3, -0.25) is 14.9 Å². The van der Waals surface area contributed by atoms with Crippen LogP contribution in [-0.4, -0.2) is 48.5 Å². The third-order valence-corrected chi connectivity index (χ3v) is 5.52. The summed E-state index contributed by atoms with van der Waals surface area (Å²) in [5.74, 6) is 0.278. The summed E-state index contributed by atoms with van der Waals surface area (Å²) in [4.78, 5) is 35.6. The second-order valence-electron chi connectivity index (χ2n) is 10.1. The van der Waals surface area contributed by atoms with E-state index < -0.39 is 28.6 Å². The Labute approximate surface area is 243 Å². The molecule has 3 aromatic rings. The summed E-state index contributed by atoms with van der Waals surface area (Å²) in [7, 11) is 1.49. The number of benzene rings is 3. The van der Waals surface area contributed by atoms with E-state index in [1.54, 1.807) is 51.1 Å². The second kappa shape index (κ2) is 15.1. The van der Waals surface area contributed by atoms with Gasteiger partial charge in [-0.2, -0.15) is 5.10 Å². The Hall–Kier alpha value is -4.97.